The molecule has 0 aliphatic carbocycles. The average molecular weight is 159 g/mol. The zero-order valence-electron chi connectivity index (χ0n) is 7.21. The number of carbonyl (C=O) groups is 1. The molecule has 3 nitrogen and oxygen atoms in total. The van der Waals surface area contributed by atoms with Crippen molar-refractivity contribution in [3.8, 4) is 0 Å². The van der Waals surface area contributed by atoms with Crippen molar-refractivity contribution in [3.05, 3.63) is 0 Å². The summed E-state index contributed by atoms with van der Waals surface area (Å²) in [6.45, 7) is 4.11. The van der Waals surface area contributed by atoms with Gasteiger partial charge in [-0.25, -0.2) is 0 Å². The summed E-state index contributed by atoms with van der Waals surface area (Å²) in [7, 11) is 0. The van der Waals surface area contributed by atoms with Crippen molar-refractivity contribution in [2.24, 2.45) is 11.7 Å². The Kier molecular flexibility index (Phi) is 4.86. The third kappa shape index (κ3) is 4.79. The van der Waals surface area contributed by atoms with Crippen LogP contribution in [0.15, 0.2) is 0 Å². The molecule has 11 heavy (non-hydrogen) atoms. The van der Waals surface area contributed by atoms with Gasteiger partial charge in [0, 0.05) is 12.5 Å². The van der Waals surface area contributed by atoms with Crippen LogP contribution in [-0.4, -0.2) is 17.1 Å². The SMILES string of the molecule is CCC(C)C(N)CCC(=O)O. The molecule has 66 valence electrons. The number of hydrogen-bond acceptors (Lipinski definition) is 2. The number of hydrogen-bond donors (Lipinski definition) is 2. The van der Waals surface area contributed by atoms with Gasteiger partial charge in [0.1, 0.15) is 0 Å². The number of carboxylic acid groups (broad SMARTS) is 1. The van der Waals surface area contributed by atoms with Gasteiger partial charge in [-0.3, -0.25) is 4.79 Å². The molecule has 0 aromatic carbocycles. The highest BCUT2D eigenvalue weighted by Crippen LogP contribution is 2.09. The molecule has 0 spiro atoms. The summed E-state index contributed by atoms with van der Waals surface area (Å²) < 4.78 is 0. The Bertz CT molecular complexity index is 125. The zero-order chi connectivity index (χ0) is 8.85. The van der Waals surface area contributed by atoms with Gasteiger partial charge in [0.25, 0.3) is 0 Å². The number of carboxylic acids is 1. The molecule has 0 fully saturated rings. The molecule has 2 unspecified atom stereocenters. The van der Waals surface area contributed by atoms with E-state index in [0.29, 0.717) is 12.3 Å². The van der Waals surface area contributed by atoms with Crippen LogP contribution in [0.5, 0.6) is 0 Å². The first kappa shape index (κ1) is 10.4. The summed E-state index contributed by atoms with van der Waals surface area (Å²) in [5.41, 5.74) is 5.71. The first-order valence-corrected chi connectivity index (χ1v) is 4.05. The summed E-state index contributed by atoms with van der Waals surface area (Å²) in [4.78, 5) is 10.2. The van der Waals surface area contributed by atoms with Crippen molar-refractivity contribution in [2.75, 3.05) is 0 Å². The maximum Gasteiger partial charge on any atom is 0.303 e. The normalized spacial score (nSPS) is 15.9. The van der Waals surface area contributed by atoms with E-state index in [1.54, 1.807) is 0 Å². The van der Waals surface area contributed by atoms with Gasteiger partial charge in [-0.05, 0) is 12.3 Å². The van der Waals surface area contributed by atoms with Crippen LogP contribution in [0.4, 0.5) is 0 Å². The molecule has 0 saturated heterocycles. The Balaban J connectivity index is 3.51. The molecule has 3 heteroatoms. The molecule has 0 aromatic heterocycles. The molecule has 0 amide bonds. The van der Waals surface area contributed by atoms with Gasteiger partial charge in [0.05, 0.1) is 0 Å². The molecule has 3 N–H and O–H groups in total. The highest BCUT2D eigenvalue weighted by atomic mass is 16.4. The van der Waals surface area contributed by atoms with Crippen molar-refractivity contribution in [2.45, 2.75) is 39.2 Å². The predicted molar refractivity (Wildman–Crippen MR) is 44.3 cm³/mol. The van der Waals surface area contributed by atoms with E-state index in [9.17, 15) is 4.79 Å². The van der Waals surface area contributed by atoms with Gasteiger partial charge in [0.2, 0.25) is 0 Å². The van der Waals surface area contributed by atoms with E-state index in [1.165, 1.54) is 0 Å². The molecule has 0 heterocycles. The number of rotatable bonds is 5. The Morgan fingerprint density at radius 3 is 2.55 bits per heavy atom. The highest BCUT2D eigenvalue weighted by molar-refractivity contribution is 5.66. The summed E-state index contributed by atoms with van der Waals surface area (Å²) in [6.07, 6.45) is 1.79. The van der Waals surface area contributed by atoms with Gasteiger partial charge in [-0.15, -0.1) is 0 Å². The maximum atomic E-state index is 10.2. The molecular weight excluding hydrogens is 142 g/mol. The van der Waals surface area contributed by atoms with Crippen LogP contribution >= 0.6 is 0 Å². The van der Waals surface area contributed by atoms with E-state index in [2.05, 4.69) is 6.92 Å². The Morgan fingerprint density at radius 2 is 2.18 bits per heavy atom. The smallest absolute Gasteiger partial charge is 0.303 e. The predicted octanol–water partition coefficient (Wildman–Crippen LogP) is 1.22. The second-order valence-corrected chi connectivity index (χ2v) is 2.98. The van der Waals surface area contributed by atoms with Gasteiger partial charge < -0.3 is 10.8 Å². The zero-order valence-corrected chi connectivity index (χ0v) is 7.21. The van der Waals surface area contributed by atoms with E-state index in [0.717, 1.165) is 6.42 Å². The summed E-state index contributed by atoms with van der Waals surface area (Å²) in [5.74, 6) is -0.335. The molecule has 0 rings (SSSR count). The van der Waals surface area contributed by atoms with Crippen LogP contribution in [0.25, 0.3) is 0 Å². The molecule has 0 aliphatic heterocycles. The van der Waals surface area contributed by atoms with Gasteiger partial charge in [-0.2, -0.15) is 0 Å². The molecule has 0 bridgehead atoms. The van der Waals surface area contributed by atoms with E-state index in [4.69, 9.17) is 10.8 Å². The second kappa shape index (κ2) is 5.13. The third-order valence-corrected chi connectivity index (χ3v) is 2.07. The fourth-order valence-electron chi connectivity index (χ4n) is 0.877. The fourth-order valence-corrected chi connectivity index (χ4v) is 0.877. The molecule has 0 radical (unpaired) electrons. The topological polar surface area (TPSA) is 63.3 Å². The second-order valence-electron chi connectivity index (χ2n) is 2.98. The molecule has 0 saturated carbocycles. The lowest BCUT2D eigenvalue weighted by Gasteiger charge is -2.16. The Labute approximate surface area is 67.6 Å². The van der Waals surface area contributed by atoms with Crippen molar-refractivity contribution in [3.63, 3.8) is 0 Å². The van der Waals surface area contributed by atoms with Crippen LogP contribution in [0.2, 0.25) is 0 Å². The quantitative estimate of drug-likeness (QED) is 0.634. The van der Waals surface area contributed by atoms with Crippen LogP contribution < -0.4 is 5.73 Å². The monoisotopic (exact) mass is 159 g/mol. The standard InChI is InChI=1S/C8H17NO2/c1-3-6(2)7(9)4-5-8(10)11/h6-7H,3-5,9H2,1-2H3,(H,10,11). The van der Waals surface area contributed by atoms with Gasteiger partial charge in [0.15, 0.2) is 0 Å². The van der Waals surface area contributed by atoms with Crippen molar-refractivity contribution < 1.29 is 9.90 Å². The summed E-state index contributed by atoms with van der Waals surface area (Å²) in [5, 5.41) is 8.36. The van der Waals surface area contributed by atoms with E-state index in [1.807, 2.05) is 6.92 Å². The van der Waals surface area contributed by atoms with Crippen molar-refractivity contribution in [1.82, 2.24) is 0 Å². The first-order chi connectivity index (χ1) is 5.07. The lowest BCUT2D eigenvalue weighted by Crippen LogP contribution is -2.28. The van der Waals surface area contributed by atoms with E-state index in [-0.39, 0.29) is 12.5 Å². The third-order valence-electron chi connectivity index (χ3n) is 2.07. The number of nitrogens with two attached hydrogens (primary N) is 1. The molecule has 0 aromatic rings. The molecular formula is C8H17NO2. The fraction of sp³-hybridized carbons (Fsp3) is 0.875. The van der Waals surface area contributed by atoms with Gasteiger partial charge in [-0.1, -0.05) is 20.3 Å². The Morgan fingerprint density at radius 1 is 1.64 bits per heavy atom. The average Bonchev–Trinajstić information content (AvgIpc) is 1.98. The summed E-state index contributed by atoms with van der Waals surface area (Å²) in [6, 6.07) is 0.0381. The lowest BCUT2D eigenvalue weighted by molar-refractivity contribution is -0.137. The van der Waals surface area contributed by atoms with Crippen LogP contribution in [-0.2, 0) is 4.79 Å². The first-order valence-electron chi connectivity index (χ1n) is 4.05. The summed E-state index contributed by atoms with van der Waals surface area (Å²) >= 11 is 0. The largest absolute Gasteiger partial charge is 0.481 e. The minimum atomic E-state index is -0.760. The molecule has 2 atom stereocenters. The highest BCUT2D eigenvalue weighted by Gasteiger charge is 2.11. The number of aliphatic carboxylic acids is 1. The lowest BCUT2D eigenvalue weighted by atomic mass is 9.96. The minimum Gasteiger partial charge on any atom is -0.481 e. The minimum absolute atomic E-state index is 0.0381. The van der Waals surface area contributed by atoms with E-state index < -0.39 is 5.97 Å². The van der Waals surface area contributed by atoms with Crippen LogP contribution in [0.1, 0.15) is 33.1 Å². The Hall–Kier alpha value is -0.570. The maximum absolute atomic E-state index is 10.2. The van der Waals surface area contributed by atoms with E-state index >= 15 is 0 Å². The van der Waals surface area contributed by atoms with Crippen LogP contribution in [0, 0.1) is 5.92 Å². The van der Waals surface area contributed by atoms with Crippen molar-refractivity contribution in [1.29, 1.82) is 0 Å². The molecule has 0 aliphatic rings. The van der Waals surface area contributed by atoms with Gasteiger partial charge >= 0.3 is 5.97 Å². The van der Waals surface area contributed by atoms with Crippen molar-refractivity contribution >= 4 is 5.97 Å². The van der Waals surface area contributed by atoms with Crippen LogP contribution in [0.3, 0.4) is 0 Å².